The Labute approximate surface area is 37.2 Å². The van der Waals surface area contributed by atoms with E-state index in [9.17, 15) is 0 Å². The van der Waals surface area contributed by atoms with Gasteiger partial charge in [0.25, 0.3) is 0 Å². The minimum absolute atomic E-state index is 1.24. The third kappa shape index (κ3) is 4.11. The summed E-state index contributed by atoms with van der Waals surface area (Å²) >= 11 is 4.14. The molecule has 0 unspecified atom stereocenters. The van der Waals surface area contributed by atoms with Gasteiger partial charge in [-0.15, -0.1) is 4.61 Å². The van der Waals surface area contributed by atoms with Gasteiger partial charge < -0.3 is 0 Å². The molecule has 2 nitrogen and oxygen atoms in total. The van der Waals surface area contributed by atoms with Gasteiger partial charge in [0.05, 0.1) is 7.11 Å². The van der Waals surface area contributed by atoms with Gasteiger partial charge in [0.1, 0.15) is 0 Å². The van der Waals surface area contributed by atoms with Crippen LogP contribution in [-0.4, -0.2) is 7.11 Å². The van der Waals surface area contributed by atoms with Crippen molar-refractivity contribution in [1.82, 2.24) is 0 Å². The summed E-state index contributed by atoms with van der Waals surface area (Å²) in [4.78, 5) is 0. The van der Waals surface area contributed by atoms with Gasteiger partial charge in [0.2, 0.25) is 0 Å². The van der Waals surface area contributed by atoms with Crippen LogP contribution in [0.25, 0.3) is 0 Å². The average molecular weight is 109 g/mol. The molecular weight excluding hydrogens is 106 g/mol. The quantitative estimate of drug-likeness (QED) is 0.442. The molecule has 0 aromatic carbocycles. The average Bonchev–Trinajstić information content (AvgIpc) is 1.38. The first-order valence-electron chi connectivity index (χ1n) is 0.924. The summed E-state index contributed by atoms with van der Waals surface area (Å²) < 4.78 is 12.1. The fourth-order valence-electron chi connectivity index (χ4n) is 0. The maximum absolute atomic E-state index is 7.98. The molecule has 0 saturated heterocycles. The number of hydrogen-bond acceptors (Lipinski definition) is 3. The van der Waals surface area contributed by atoms with Crippen molar-refractivity contribution in [1.29, 1.82) is 4.61 Å². The minimum Gasteiger partial charge on any atom is -0.271 e. The molecule has 0 atom stereocenters. The zero-order valence-electron chi connectivity index (χ0n) is 2.67. The van der Waals surface area contributed by atoms with E-state index in [1.54, 1.807) is 0 Å². The molecule has 0 heterocycles. The van der Waals surface area contributed by atoms with Crippen LogP contribution in [0.4, 0.5) is 0 Å². The molecule has 0 saturated carbocycles. The molecule has 0 amide bonds. The van der Waals surface area contributed by atoms with E-state index < -0.39 is 9.36 Å². The Balaban J connectivity index is 3.39. The molecule has 30 valence electrons. The Bertz CT molecular complexity index is 111. The zero-order valence-corrected chi connectivity index (χ0v) is 4.30. The summed E-state index contributed by atoms with van der Waals surface area (Å²) in [6, 6.07) is 0. The topological polar surface area (TPSA) is 33.0 Å². The minimum atomic E-state index is -1.24. The molecule has 5 heavy (non-hydrogen) atoms. The van der Waals surface area contributed by atoms with Crippen LogP contribution < -0.4 is 0 Å². The van der Waals surface area contributed by atoms with Gasteiger partial charge in [0, 0.05) is 11.2 Å². The lowest BCUT2D eigenvalue weighted by Crippen LogP contribution is -1.64. The summed E-state index contributed by atoms with van der Waals surface area (Å²) in [5.41, 5.74) is 0. The largest absolute Gasteiger partial charge is 0.271 e. The van der Waals surface area contributed by atoms with Crippen molar-refractivity contribution < 1.29 is 4.18 Å². The predicted octanol–water partition coefficient (Wildman–Crippen LogP) is 0.107. The fourth-order valence-corrected chi connectivity index (χ4v) is 0. The second-order valence-corrected chi connectivity index (χ2v) is 2.01. The van der Waals surface area contributed by atoms with Crippen molar-refractivity contribution in [3.63, 3.8) is 0 Å². The Morgan fingerprint density at radius 3 is 2.20 bits per heavy atom. The van der Waals surface area contributed by atoms with Crippen LogP contribution in [-0.2, 0) is 24.7 Å². The molecule has 0 aliphatic heterocycles. The van der Waals surface area contributed by atoms with E-state index in [4.69, 9.17) is 4.61 Å². The molecule has 0 aromatic rings. The van der Waals surface area contributed by atoms with Crippen molar-refractivity contribution in [2.45, 2.75) is 0 Å². The molecule has 0 spiro atoms. The van der Waals surface area contributed by atoms with Gasteiger partial charge in [-0.05, 0) is 0 Å². The van der Waals surface area contributed by atoms with Crippen LogP contribution >= 0.6 is 0 Å². The van der Waals surface area contributed by atoms with E-state index in [2.05, 4.69) is 15.4 Å². The number of rotatable bonds is 0. The summed E-state index contributed by atoms with van der Waals surface area (Å²) in [6.07, 6.45) is 0. The molecule has 0 aliphatic carbocycles. The molecular formula is CH3NOS2. The van der Waals surface area contributed by atoms with Crippen molar-refractivity contribution in [2.24, 2.45) is 0 Å². The first-order valence-corrected chi connectivity index (χ1v) is 2.96. The van der Waals surface area contributed by atoms with Gasteiger partial charge in [0.15, 0.2) is 9.36 Å². The first-order chi connectivity index (χ1) is 2.27. The fraction of sp³-hybridized carbons (Fsp3) is 1.00. The van der Waals surface area contributed by atoms with Crippen molar-refractivity contribution >= 4 is 20.6 Å². The SMILES string of the molecule is COS(#N)=S. The zero-order chi connectivity index (χ0) is 4.28. The highest BCUT2D eigenvalue weighted by molar-refractivity contribution is 8.18. The smallest absolute Gasteiger partial charge is 0.160 e. The highest BCUT2D eigenvalue weighted by Crippen LogP contribution is 1.53. The van der Waals surface area contributed by atoms with Gasteiger partial charge in [-0.25, -0.2) is 0 Å². The van der Waals surface area contributed by atoms with Crippen LogP contribution in [0.3, 0.4) is 0 Å². The molecule has 4 heteroatoms. The number of nitrogens with zero attached hydrogens (tertiary/aromatic N) is 1. The van der Waals surface area contributed by atoms with Gasteiger partial charge >= 0.3 is 0 Å². The van der Waals surface area contributed by atoms with Crippen LogP contribution in [0.5, 0.6) is 0 Å². The lowest BCUT2D eigenvalue weighted by Gasteiger charge is -1.64. The standard InChI is InChI=1S/CH3NOS2/c1-3-5(2)4/h1H3. The van der Waals surface area contributed by atoms with E-state index in [1.165, 1.54) is 7.11 Å². The Kier molecular flexibility index (Phi) is 2.41. The monoisotopic (exact) mass is 109 g/mol. The molecule has 0 bridgehead atoms. The van der Waals surface area contributed by atoms with Crippen LogP contribution in [0, 0.1) is 4.61 Å². The van der Waals surface area contributed by atoms with E-state index in [1.807, 2.05) is 0 Å². The second-order valence-electron chi connectivity index (χ2n) is 0.384. The summed E-state index contributed by atoms with van der Waals surface area (Å²) in [5, 5.41) is 0. The third-order valence-electron chi connectivity index (χ3n) is 0.143. The highest BCUT2D eigenvalue weighted by atomic mass is 32.8. The van der Waals surface area contributed by atoms with Gasteiger partial charge in [-0.1, -0.05) is 0 Å². The summed E-state index contributed by atoms with van der Waals surface area (Å²) in [7, 11) is 0.118. The summed E-state index contributed by atoms with van der Waals surface area (Å²) in [5.74, 6) is 0. The molecule has 0 fully saturated rings. The normalized spacial score (nSPS) is 7.20. The molecule has 0 N–H and O–H groups in total. The highest BCUT2D eigenvalue weighted by Gasteiger charge is 1.55. The summed E-state index contributed by atoms with van der Waals surface area (Å²) in [6.45, 7) is 0. The van der Waals surface area contributed by atoms with E-state index in [0.29, 0.717) is 0 Å². The van der Waals surface area contributed by atoms with Crippen molar-refractivity contribution in [2.75, 3.05) is 7.11 Å². The Morgan fingerprint density at radius 1 is 2.00 bits per heavy atom. The van der Waals surface area contributed by atoms with E-state index >= 15 is 0 Å². The van der Waals surface area contributed by atoms with E-state index in [0.717, 1.165) is 0 Å². The Hall–Kier alpha value is 0.110. The Morgan fingerprint density at radius 2 is 2.20 bits per heavy atom. The lowest BCUT2D eigenvalue weighted by atomic mass is 11.8. The van der Waals surface area contributed by atoms with Gasteiger partial charge in [-0.2, -0.15) is 0 Å². The van der Waals surface area contributed by atoms with Crippen LogP contribution in [0.2, 0.25) is 0 Å². The number of hydrogen-bond donors (Lipinski definition) is 0. The third-order valence-corrected chi connectivity index (χ3v) is 0.836. The maximum atomic E-state index is 7.98. The second kappa shape index (κ2) is 2.35. The van der Waals surface area contributed by atoms with Gasteiger partial charge in [-0.3, -0.25) is 4.18 Å². The first kappa shape index (κ1) is 5.11. The van der Waals surface area contributed by atoms with Crippen LogP contribution in [0.15, 0.2) is 0 Å². The predicted molar refractivity (Wildman–Crippen MR) is 23.5 cm³/mol. The molecule has 0 aromatic heterocycles. The molecule has 0 radical (unpaired) electrons. The van der Waals surface area contributed by atoms with Crippen LogP contribution in [0.1, 0.15) is 0 Å². The van der Waals surface area contributed by atoms with E-state index in [-0.39, 0.29) is 0 Å². The lowest BCUT2D eigenvalue weighted by molar-refractivity contribution is 0.490. The molecule has 0 rings (SSSR count). The van der Waals surface area contributed by atoms with Crippen molar-refractivity contribution in [3.05, 3.63) is 0 Å². The maximum Gasteiger partial charge on any atom is 0.160 e. The molecule has 0 aliphatic rings. The van der Waals surface area contributed by atoms with Crippen molar-refractivity contribution in [3.8, 4) is 0 Å².